The summed E-state index contributed by atoms with van der Waals surface area (Å²) in [6.07, 6.45) is 6.23. The van der Waals surface area contributed by atoms with Crippen LogP contribution in [0, 0.1) is 13.8 Å². The molecule has 20 heavy (non-hydrogen) atoms. The van der Waals surface area contributed by atoms with Gasteiger partial charge in [-0.3, -0.25) is 9.59 Å². The molecule has 1 aromatic rings. The SMILES string of the molecule is CCCCCCCC(=O)CC(=O)c1cc(C)ccc1C. The number of rotatable bonds is 9. The smallest absolute Gasteiger partial charge is 0.170 e. The van der Waals surface area contributed by atoms with Gasteiger partial charge in [-0.15, -0.1) is 0 Å². The zero-order valence-corrected chi connectivity index (χ0v) is 13.0. The van der Waals surface area contributed by atoms with Gasteiger partial charge in [-0.25, -0.2) is 0 Å². The lowest BCUT2D eigenvalue weighted by atomic mass is 9.97. The van der Waals surface area contributed by atoms with Crippen molar-refractivity contribution in [3.8, 4) is 0 Å². The van der Waals surface area contributed by atoms with Crippen molar-refractivity contribution in [2.45, 2.75) is 65.7 Å². The van der Waals surface area contributed by atoms with Crippen LogP contribution in [0.4, 0.5) is 0 Å². The summed E-state index contributed by atoms with van der Waals surface area (Å²) in [6.45, 7) is 6.06. The van der Waals surface area contributed by atoms with E-state index in [9.17, 15) is 9.59 Å². The molecular weight excluding hydrogens is 248 g/mol. The Morgan fingerprint density at radius 3 is 2.40 bits per heavy atom. The van der Waals surface area contributed by atoms with E-state index < -0.39 is 0 Å². The van der Waals surface area contributed by atoms with E-state index in [1.807, 2.05) is 32.0 Å². The molecule has 110 valence electrons. The third-order valence-electron chi connectivity index (χ3n) is 3.61. The van der Waals surface area contributed by atoms with Gasteiger partial charge in [0, 0.05) is 12.0 Å². The quantitative estimate of drug-likeness (QED) is 0.368. The highest BCUT2D eigenvalue weighted by atomic mass is 16.1. The fourth-order valence-corrected chi connectivity index (χ4v) is 2.32. The first-order valence-electron chi connectivity index (χ1n) is 7.66. The molecule has 0 spiro atoms. The number of aryl methyl sites for hydroxylation is 2. The lowest BCUT2D eigenvalue weighted by Crippen LogP contribution is -2.09. The number of carbonyl (C=O) groups is 2. The average Bonchev–Trinajstić information content (AvgIpc) is 2.41. The van der Waals surface area contributed by atoms with Crippen molar-refractivity contribution in [1.29, 1.82) is 0 Å². The van der Waals surface area contributed by atoms with E-state index in [0.29, 0.717) is 12.0 Å². The van der Waals surface area contributed by atoms with Gasteiger partial charge in [0.25, 0.3) is 0 Å². The minimum absolute atomic E-state index is 0.0373. The number of hydrogen-bond donors (Lipinski definition) is 0. The first kappa shape index (κ1) is 16.6. The highest BCUT2D eigenvalue weighted by molar-refractivity contribution is 6.08. The zero-order valence-electron chi connectivity index (χ0n) is 13.0. The molecule has 0 aromatic heterocycles. The molecule has 2 heteroatoms. The van der Waals surface area contributed by atoms with Gasteiger partial charge in [0.15, 0.2) is 5.78 Å². The van der Waals surface area contributed by atoms with Gasteiger partial charge in [0.1, 0.15) is 5.78 Å². The highest BCUT2D eigenvalue weighted by Gasteiger charge is 2.13. The molecule has 0 amide bonds. The second-order valence-electron chi connectivity index (χ2n) is 5.62. The van der Waals surface area contributed by atoms with Gasteiger partial charge < -0.3 is 0 Å². The number of hydrogen-bond acceptors (Lipinski definition) is 2. The van der Waals surface area contributed by atoms with Crippen molar-refractivity contribution in [3.63, 3.8) is 0 Å². The van der Waals surface area contributed by atoms with Crippen molar-refractivity contribution < 1.29 is 9.59 Å². The van der Waals surface area contributed by atoms with Gasteiger partial charge in [-0.2, -0.15) is 0 Å². The van der Waals surface area contributed by atoms with Gasteiger partial charge in [0.05, 0.1) is 6.42 Å². The van der Waals surface area contributed by atoms with Crippen molar-refractivity contribution >= 4 is 11.6 Å². The first-order chi connectivity index (χ1) is 9.54. The maximum Gasteiger partial charge on any atom is 0.170 e. The maximum atomic E-state index is 12.1. The Hall–Kier alpha value is -1.44. The van der Waals surface area contributed by atoms with Crippen LogP contribution in [0.2, 0.25) is 0 Å². The number of carbonyl (C=O) groups excluding carboxylic acids is 2. The third kappa shape index (κ3) is 5.68. The number of Topliss-reactive ketones (excluding diaryl/α,β-unsaturated/α-hetero) is 2. The molecule has 0 aliphatic heterocycles. The van der Waals surface area contributed by atoms with Crippen LogP contribution in [0.15, 0.2) is 18.2 Å². The summed E-state index contributed by atoms with van der Waals surface area (Å²) < 4.78 is 0. The molecule has 0 aliphatic rings. The summed E-state index contributed by atoms with van der Waals surface area (Å²) in [5.74, 6) is 0.0390. The molecule has 0 saturated carbocycles. The molecule has 0 bridgehead atoms. The molecule has 0 atom stereocenters. The van der Waals surface area contributed by atoms with Crippen LogP contribution in [0.25, 0.3) is 0 Å². The topological polar surface area (TPSA) is 34.1 Å². The second kappa shape index (κ2) is 8.68. The number of unbranched alkanes of at least 4 members (excludes halogenated alkanes) is 4. The highest BCUT2D eigenvalue weighted by Crippen LogP contribution is 2.14. The van der Waals surface area contributed by atoms with Crippen LogP contribution in [0.1, 0.15) is 73.4 Å². The minimum atomic E-state index is -0.0373. The Morgan fingerprint density at radius 2 is 1.70 bits per heavy atom. The van der Waals surface area contributed by atoms with Gasteiger partial charge in [-0.05, 0) is 31.9 Å². The fraction of sp³-hybridized carbons (Fsp3) is 0.556. The van der Waals surface area contributed by atoms with Gasteiger partial charge in [0.2, 0.25) is 0 Å². The summed E-state index contributed by atoms with van der Waals surface area (Å²) >= 11 is 0. The summed E-state index contributed by atoms with van der Waals surface area (Å²) in [6, 6.07) is 5.81. The molecule has 0 N–H and O–H groups in total. The van der Waals surface area contributed by atoms with Crippen LogP contribution >= 0.6 is 0 Å². The van der Waals surface area contributed by atoms with Gasteiger partial charge >= 0.3 is 0 Å². The predicted molar refractivity (Wildman–Crippen MR) is 83.2 cm³/mol. The van der Waals surface area contributed by atoms with E-state index in [1.54, 1.807) is 0 Å². The van der Waals surface area contributed by atoms with Crippen molar-refractivity contribution in [1.82, 2.24) is 0 Å². The second-order valence-corrected chi connectivity index (χ2v) is 5.62. The maximum absolute atomic E-state index is 12.1. The molecule has 0 heterocycles. The van der Waals surface area contributed by atoms with Crippen LogP contribution < -0.4 is 0 Å². The monoisotopic (exact) mass is 274 g/mol. The third-order valence-corrected chi connectivity index (χ3v) is 3.61. The molecule has 0 radical (unpaired) electrons. The lowest BCUT2D eigenvalue weighted by Gasteiger charge is -2.06. The summed E-state index contributed by atoms with van der Waals surface area (Å²) in [7, 11) is 0. The molecule has 2 nitrogen and oxygen atoms in total. The molecule has 1 aromatic carbocycles. The van der Waals surface area contributed by atoms with Crippen LogP contribution in [0.3, 0.4) is 0 Å². The Labute approximate surface area is 122 Å². The molecular formula is C18H26O2. The average molecular weight is 274 g/mol. The van der Waals surface area contributed by atoms with Crippen molar-refractivity contribution in [3.05, 3.63) is 34.9 Å². The van der Waals surface area contributed by atoms with Gasteiger partial charge in [-0.1, -0.05) is 50.3 Å². The summed E-state index contributed by atoms with van der Waals surface area (Å²) in [4.78, 5) is 24.0. The summed E-state index contributed by atoms with van der Waals surface area (Å²) in [5.41, 5.74) is 2.71. The largest absolute Gasteiger partial charge is 0.299 e. The minimum Gasteiger partial charge on any atom is -0.299 e. The lowest BCUT2D eigenvalue weighted by molar-refractivity contribution is -0.118. The Morgan fingerprint density at radius 1 is 1.00 bits per heavy atom. The Balaban J connectivity index is 2.41. The molecule has 0 saturated heterocycles. The van der Waals surface area contributed by atoms with E-state index in [2.05, 4.69) is 6.92 Å². The van der Waals surface area contributed by atoms with Crippen LogP contribution in [-0.2, 0) is 4.79 Å². The first-order valence-corrected chi connectivity index (χ1v) is 7.66. The van der Waals surface area contributed by atoms with Crippen LogP contribution in [-0.4, -0.2) is 11.6 Å². The Bertz CT molecular complexity index is 460. The summed E-state index contributed by atoms with van der Waals surface area (Å²) in [5, 5.41) is 0. The normalized spacial score (nSPS) is 10.6. The van der Waals surface area contributed by atoms with E-state index >= 15 is 0 Å². The van der Waals surface area contributed by atoms with Crippen molar-refractivity contribution in [2.75, 3.05) is 0 Å². The number of benzene rings is 1. The van der Waals surface area contributed by atoms with E-state index in [4.69, 9.17) is 0 Å². The predicted octanol–water partition coefficient (Wildman–Crippen LogP) is 4.81. The van der Waals surface area contributed by atoms with Crippen LogP contribution in [0.5, 0.6) is 0 Å². The molecule has 0 aliphatic carbocycles. The molecule has 0 fully saturated rings. The fourth-order valence-electron chi connectivity index (χ4n) is 2.32. The van der Waals surface area contributed by atoms with E-state index in [-0.39, 0.29) is 18.0 Å². The van der Waals surface area contributed by atoms with Crippen molar-refractivity contribution in [2.24, 2.45) is 0 Å². The van der Waals surface area contributed by atoms with E-state index in [0.717, 1.165) is 24.0 Å². The number of ketones is 2. The standard InChI is InChI=1S/C18H26O2/c1-4-5-6-7-8-9-16(19)13-18(20)17-12-14(2)10-11-15(17)3/h10-12H,4-9,13H2,1-3H3. The van der Waals surface area contributed by atoms with E-state index in [1.165, 1.54) is 19.3 Å². The molecule has 0 unspecified atom stereocenters. The Kier molecular flexibility index (Phi) is 7.21. The zero-order chi connectivity index (χ0) is 15.0. The molecule has 1 rings (SSSR count).